The zero-order valence-corrected chi connectivity index (χ0v) is 17.8. The van der Waals surface area contributed by atoms with E-state index >= 15 is 0 Å². The molecular weight excluding hydrogens is 374 g/mol. The molecule has 0 aromatic carbocycles. The van der Waals surface area contributed by atoms with E-state index in [1.807, 2.05) is 31.1 Å². The number of β-amino-alcohol motifs (C(OH)–C–C–N with tert-alkyl or cyclic N) is 1. The average Bonchev–Trinajstić information content (AvgIpc) is 3.25. The monoisotopic (exact) mass is 403 g/mol. The topological polar surface area (TPSA) is 69.8 Å². The van der Waals surface area contributed by atoms with E-state index in [9.17, 15) is 9.90 Å². The fourth-order valence-corrected chi connectivity index (χ4v) is 5.51. The van der Waals surface area contributed by atoms with E-state index in [0.29, 0.717) is 13.0 Å². The van der Waals surface area contributed by atoms with Crippen LogP contribution in [0.1, 0.15) is 64.0 Å². The highest BCUT2D eigenvalue weighted by Crippen LogP contribution is 2.32. The highest BCUT2D eigenvalue weighted by molar-refractivity contribution is 7.10. The third-order valence-electron chi connectivity index (χ3n) is 6.32. The van der Waals surface area contributed by atoms with Crippen molar-refractivity contribution in [1.82, 2.24) is 15.0 Å². The molecule has 0 bridgehead atoms. The van der Waals surface area contributed by atoms with Crippen molar-refractivity contribution in [2.75, 3.05) is 19.6 Å². The van der Waals surface area contributed by atoms with Gasteiger partial charge in [-0.3, -0.25) is 9.69 Å². The number of rotatable bonds is 4. The van der Waals surface area contributed by atoms with Gasteiger partial charge in [0.05, 0.1) is 16.9 Å². The molecule has 1 atom stereocenters. The average molecular weight is 404 g/mol. The van der Waals surface area contributed by atoms with Gasteiger partial charge in [0, 0.05) is 48.5 Å². The van der Waals surface area contributed by atoms with Gasteiger partial charge in [0.25, 0.3) is 5.91 Å². The molecule has 0 saturated carbocycles. The number of carbonyl (C=O) groups is 1. The Hall–Kier alpha value is -1.70. The third kappa shape index (κ3) is 3.63. The molecule has 0 unspecified atom stereocenters. The molecule has 2 aromatic rings. The second kappa shape index (κ2) is 7.61. The van der Waals surface area contributed by atoms with Crippen LogP contribution in [0, 0.1) is 13.8 Å². The Labute approximate surface area is 170 Å². The van der Waals surface area contributed by atoms with Crippen LogP contribution < -0.4 is 0 Å². The number of likely N-dealkylation sites (tertiary alicyclic amines) is 1. The molecule has 4 heterocycles. The van der Waals surface area contributed by atoms with Crippen molar-refractivity contribution in [2.45, 2.75) is 65.1 Å². The first-order valence-corrected chi connectivity index (χ1v) is 11.0. The molecule has 1 amide bonds. The summed E-state index contributed by atoms with van der Waals surface area (Å²) in [6.07, 6.45) is 3.23. The predicted octanol–water partition coefficient (Wildman–Crippen LogP) is 3.29. The van der Waals surface area contributed by atoms with Gasteiger partial charge in [-0.2, -0.15) is 0 Å². The summed E-state index contributed by atoms with van der Waals surface area (Å²) in [7, 11) is 0. The molecule has 0 spiro atoms. The highest BCUT2D eigenvalue weighted by atomic mass is 32.1. The van der Waals surface area contributed by atoms with E-state index in [1.165, 1.54) is 16.0 Å². The molecule has 0 aliphatic carbocycles. The van der Waals surface area contributed by atoms with Gasteiger partial charge in [0.2, 0.25) is 0 Å². The number of aryl methyl sites for hydroxylation is 2. The lowest BCUT2D eigenvalue weighted by Crippen LogP contribution is -2.50. The van der Waals surface area contributed by atoms with Gasteiger partial charge in [0.1, 0.15) is 5.76 Å². The second-order valence-corrected chi connectivity index (χ2v) is 9.19. The van der Waals surface area contributed by atoms with Crippen molar-refractivity contribution in [3.63, 3.8) is 0 Å². The lowest BCUT2D eigenvalue weighted by Gasteiger charge is -2.39. The minimum absolute atomic E-state index is 0.0863. The highest BCUT2D eigenvalue weighted by Gasteiger charge is 2.35. The largest absolute Gasteiger partial charge is 0.388 e. The number of nitrogens with zero attached hydrogens (tertiary/aromatic N) is 3. The van der Waals surface area contributed by atoms with Gasteiger partial charge in [-0.15, -0.1) is 11.3 Å². The quantitative estimate of drug-likeness (QED) is 0.848. The van der Waals surface area contributed by atoms with Crippen LogP contribution in [0.3, 0.4) is 0 Å². The molecule has 7 heteroatoms. The maximum atomic E-state index is 13.2. The summed E-state index contributed by atoms with van der Waals surface area (Å²) in [6, 6.07) is 0. The van der Waals surface area contributed by atoms with Crippen LogP contribution in [0.15, 0.2) is 9.90 Å². The second-order valence-electron chi connectivity index (χ2n) is 8.22. The summed E-state index contributed by atoms with van der Waals surface area (Å²) in [5.74, 6) is 0.974. The van der Waals surface area contributed by atoms with E-state index < -0.39 is 5.60 Å². The number of hydrogen-bond acceptors (Lipinski definition) is 6. The van der Waals surface area contributed by atoms with Crippen molar-refractivity contribution >= 4 is 17.2 Å². The van der Waals surface area contributed by atoms with Crippen LogP contribution in [-0.2, 0) is 19.5 Å². The number of aromatic nitrogens is 1. The summed E-state index contributed by atoms with van der Waals surface area (Å²) in [6.45, 7) is 9.74. The predicted molar refractivity (Wildman–Crippen MR) is 108 cm³/mol. The van der Waals surface area contributed by atoms with E-state index in [1.54, 1.807) is 11.3 Å². The SMILES string of the molecule is CC[C@]1(O)CCCN(C(=O)c2csc3c2CCN(Cc2c(C)noc2C)C3)C1. The molecule has 0 radical (unpaired) electrons. The van der Waals surface area contributed by atoms with E-state index in [-0.39, 0.29) is 5.91 Å². The van der Waals surface area contributed by atoms with Crippen molar-refractivity contribution in [3.05, 3.63) is 38.4 Å². The summed E-state index contributed by atoms with van der Waals surface area (Å²) in [5.41, 5.74) is 3.45. The number of carbonyl (C=O) groups excluding carboxylic acids is 1. The summed E-state index contributed by atoms with van der Waals surface area (Å²) < 4.78 is 5.29. The number of aliphatic hydroxyl groups is 1. The minimum atomic E-state index is -0.727. The Bertz CT molecular complexity index is 855. The minimum Gasteiger partial charge on any atom is -0.388 e. The van der Waals surface area contributed by atoms with Crippen LogP contribution in [0.5, 0.6) is 0 Å². The molecule has 1 N–H and O–H groups in total. The van der Waals surface area contributed by atoms with E-state index in [4.69, 9.17) is 4.52 Å². The number of amides is 1. The Balaban J connectivity index is 1.47. The van der Waals surface area contributed by atoms with Crippen molar-refractivity contribution in [1.29, 1.82) is 0 Å². The zero-order chi connectivity index (χ0) is 19.9. The Morgan fingerprint density at radius 3 is 2.93 bits per heavy atom. The van der Waals surface area contributed by atoms with Gasteiger partial charge in [-0.05, 0) is 45.1 Å². The maximum absolute atomic E-state index is 13.2. The van der Waals surface area contributed by atoms with Gasteiger partial charge < -0.3 is 14.5 Å². The van der Waals surface area contributed by atoms with Gasteiger partial charge >= 0.3 is 0 Å². The lowest BCUT2D eigenvalue weighted by molar-refractivity contribution is -0.0270. The smallest absolute Gasteiger partial charge is 0.255 e. The van der Waals surface area contributed by atoms with Gasteiger partial charge in [0.15, 0.2) is 0 Å². The van der Waals surface area contributed by atoms with Crippen LogP contribution in [0.2, 0.25) is 0 Å². The van der Waals surface area contributed by atoms with Crippen molar-refractivity contribution < 1.29 is 14.4 Å². The molecule has 28 heavy (non-hydrogen) atoms. The Morgan fingerprint density at radius 1 is 1.39 bits per heavy atom. The zero-order valence-electron chi connectivity index (χ0n) is 17.0. The Morgan fingerprint density at radius 2 is 2.21 bits per heavy atom. The van der Waals surface area contributed by atoms with Crippen LogP contribution in [0.4, 0.5) is 0 Å². The Kier molecular flexibility index (Phi) is 5.33. The number of fused-ring (bicyclic) bond motifs is 1. The normalized spacial score (nSPS) is 23.1. The molecule has 6 nitrogen and oxygen atoms in total. The first kappa shape index (κ1) is 19.6. The van der Waals surface area contributed by atoms with E-state index in [0.717, 1.165) is 62.5 Å². The summed E-state index contributed by atoms with van der Waals surface area (Å²) in [5, 5.41) is 16.7. The molecule has 1 saturated heterocycles. The fraction of sp³-hybridized carbons (Fsp3) is 0.619. The number of hydrogen-bond donors (Lipinski definition) is 1. The van der Waals surface area contributed by atoms with E-state index in [2.05, 4.69) is 10.1 Å². The summed E-state index contributed by atoms with van der Waals surface area (Å²) in [4.78, 5) is 18.7. The molecule has 2 aliphatic heterocycles. The fourth-order valence-electron chi connectivity index (χ4n) is 4.39. The lowest BCUT2D eigenvalue weighted by atomic mass is 9.90. The standard InChI is InChI=1S/C21H29N3O3S/c1-4-21(26)7-5-8-24(13-21)20(25)18-12-28-19-11-23(9-6-16(18)19)10-17-14(2)22-27-15(17)3/h12,26H,4-11,13H2,1-3H3/t21-/m0/s1. The molecule has 1 fully saturated rings. The molecule has 2 aromatic heterocycles. The molecule has 4 rings (SSSR count). The first-order chi connectivity index (χ1) is 13.4. The van der Waals surface area contributed by atoms with Gasteiger partial charge in [-0.1, -0.05) is 12.1 Å². The van der Waals surface area contributed by atoms with Crippen LogP contribution in [0.25, 0.3) is 0 Å². The van der Waals surface area contributed by atoms with Crippen LogP contribution >= 0.6 is 11.3 Å². The molecule has 152 valence electrons. The maximum Gasteiger partial charge on any atom is 0.255 e. The number of piperidine rings is 1. The molecule has 2 aliphatic rings. The van der Waals surface area contributed by atoms with Crippen molar-refractivity contribution in [3.8, 4) is 0 Å². The number of thiophene rings is 1. The van der Waals surface area contributed by atoms with Crippen molar-refractivity contribution in [2.24, 2.45) is 0 Å². The van der Waals surface area contributed by atoms with Gasteiger partial charge in [-0.25, -0.2) is 0 Å². The molecular formula is C21H29N3O3S. The summed E-state index contributed by atoms with van der Waals surface area (Å²) >= 11 is 1.68. The third-order valence-corrected chi connectivity index (χ3v) is 7.33. The van der Waals surface area contributed by atoms with Crippen LogP contribution in [-0.4, -0.2) is 51.2 Å². The first-order valence-electron chi connectivity index (χ1n) is 10.1.